The molecule has 0 aromatic carbocycles. The number of cyclic esters (lactones) is 1. The Hall–Kier alpha value is -3.09. The number of hydrogen-bond acceptors (Lipinski definition) is 13. The van der Waals surface area contributed by atoms with Gasteiger partial charge in [0, 0.05) is 38.6 Å². The Morgan fingerprint density at radius 1 is 0.868 bits per heavy atom. The zero-order valence-corrected chi connectivity index (χ0v) is 43.2. The number of ether oxygens (including phenoxy) is 4. The molecule has 0 spiro atoms. The second-order valence-electron chi connectivity index (χ2n) is 20.5. The van der Waals surface area contributed by atoms with Gasteiger partial charge in [-0.3, -0.25) is 14.4 Å². The second-order valence-corrected chi connectivity index (χ2v) is 22.6. The van der Waals surface area contributed by atoms with Gasteiger partial charge in [-0.05, 0) is 133 Å². The van der Waals surface area contributed by atoms with Gasteiger partial charge >= 0.3 is 5.97 Å². The smallest absolute Gasteiger partial charge is 0.329 e. The lowest BCUT2D eigenvalue weighted by Crippen LogP contribution is -2.61. The van der Waals surface area contributed by atoms with Gasteiger partial charge in [0.25, 0.3) is 11.7 Å². The van der Waals surface area contributed by atoms with Gasteiger partial charge in [0.1, 0.15) is 24.4 Å². The molecule has 2 bridgehead atoms. The average Bonchev–Trinajstić information content (AvgIpc) is 3.30. The first kappa shape index (κ1) is 57.5. The molecule has 1 aliphatic carbocycles. The van der Waals surface area contributed by atoms with Crippen LogP contribution in [-0.4, -0.2) is 133 Å². The molecule has 1 saturated carbocycles. The van der Waals surface area contributed by atoms with Crippen molar-refractivity contribution in [2.45, 2.75) is 193 Å². The summed E-state index contributed by atoms with van der Waals surface area (Å²) in [5.41, 5.74) is 1.23. The fourth-order valence-electron chi connectivity index (χ4n) is 10.5. The number of allylic oxidation sites excluding steroid dienone is 6. The Morgan fingerprint density at radius 3 is 2.26 bits per heavy atom. The number of piperidine rings is 1. The van der Waals surface area contributed by atoms with E-state index in [1.165, 1.54) is 18.9 Å². The van der Waals surface area contributed by atoms with Gasteiger partial charge in [0.05, 0.1) is 24.1 Å². The third kappa shape index (κ3) is 15.7. The Balaban J connectivity index is 1.71. The van der Waals surface area contributed by atoms with E-state index in [9.17, 15) is 42.9 Å². The minimum absolute atomic E-state index is 0.00868. The second kappa shape index (κ2) is 26.4. The van der Waals surface area contributed by atoms with Crippen molar-refractivity contribution >= 4 is 33.5 Å². The number of esters is 1. The summed E-state index contributed by atoms with van der Waals surface area (Å²) >= 11 is 0. The van der Waals surface area contributed by atoms with Crippen LogP contribution in [0.5, 0.6) is 0 Å². The van der Waals surface area contributed by atoms with Crippen LogP contribution in [0, 0.1) is 35.5 Å². The van der Waals surface area contributed by atoms with Crippen LogP contribution in [0.15, 0.2) is 47.6 Å². The van der Waals surface area contributed by atoms with Gasteiger partial charge in [-0.2, -0.15) is 0 Å². The standard InChI is InChI=1S/C52H84N2O13S/c1-11-68(62,63)53-41-31-40-23-21-38(8)52(61,67-40)49(58)50(59)54-26-16-15-19-42(54)51(60)66-44(35(5)29-39-22-24-43(55)45(30-39)64-9)25-20-33(3)28-37(7)47(57)48(65-10)46(56)36(6)27-32(2)17-13-12-14-18-34(41)4/h12-14,17-18,28,32-33,35-36,38-45,47-48,53,55,57,61H,11,15-16,19-27,29-31H2,1-10H3/b14-12+,17-13+,34-18+,37-28+/t32-,33+,35-,36-,38-,39+,40+,41-,42+,43-,44+,45-,47-,48+,52-/m1/s1. The molecule has 3 aliphatic heterocycles. The molecule has 68 heavy (non-hydrogen) atoms. The number of rotatable bonds is 8. The SMILES string of the molecule is CCS(=O)(=O)N[C@@H]1C[C@@H]2CC[C@@H](C)[C@@](O)(O2)C(=O)C(=O)N2CCCC[C@H]2C(=O)O[C@H]([C@H](C)C[C@@H]2CC[C@@H](O)[C@H](OC)C2)CC[C@H](C)/C=C(\C)[C@@H](O)[C@@H](OC)C(=O)[C@H](C)C[C@H](C)/C=C/C=C/C=C/1C. The van der Waals surface area contributed by atoms with Crippen LogP contribution in [0.25, 0.3) is 0 Å². The van der Waals surface area contributed by atoms with Crippen molar-refractivity contribution in [3.8, 4) is 0 Å². The highest BCUT2D eigenvalue weighted by Crippen LogP contribution is 2.38. The highest BCUT2D eigenvalue weighted by Gasteiger charge is 2.53. The molecule has 4 rings (SSSR count). The molecule has 4 N–H and O–H groups in total. The predicted octanol–water partition coefficient (Wildman–Crippen LogP) is 6.29. The van der Waals surface area contributed by atoms with Crippen LogP contribution in [-0.2, 0) is 48.1 Å². The number of nitrogens with one attached hydrogen (secondary N) is 1. The topological polar surface area (TPSA) is 215 Å². The number of hydrogen-bond donors (Lipinski definition) is 4. The normalized spacial score (nSPS) is 39.4. The van der Waals surface area contributed by atoms with Crippen molar-refractivity contribution in [3.63, 3.8) is 0 Å². The summed E-state index contributed by atoms with van der Waals surface area (Å²) < 4.78 is 52.4. The first-order valence-corrected chi connectivity index (χ1v) is 26.8. The number of aliphatic hydroxyl groups is 3. The minimum Gasteiger partial charge on any atom is -0.461 e. The Bertz CT molecular complexity index is 1930. The molecule has 0 unspecified atom stereocenters. The molecular weight excluding hydrogens is 893 g/mol. The van der Waals surface area contributed by atoms with E-state index < -0.39 is 87.9 Å². The molecule has 1 amide bonds. The number of methoxy groups -OCH3 is 2. The number of fused-ring (bicyclic) bond motifs is 3. The van der Waals surface area contributed by atoms with Crippen LogP contribution in [0.1, 0.15) is 139 Å². The fourth-order valence-corrected chi connectivity index (χ4v) is 11.4. The van der Waals surface area contributed by atoms with Crippen LogP contribution in [0.2, 0.25) is 0 Å². The largest absolute Gasteiger partial charge is 0.461 e. The number of sulfonamides is 1. The summed E-state index contributed by atoms with van der Waals surface area (Å²) in [5, 5.41) is 34.0. The van der Waals surface area contributed by atoms with E-state index in [4.69, 9.17) is 18.9 Å². The molecular formula is C52H84N2O13S. The number of aliphatic hydroxyl groups excluding tert-OH is 2. The van der Waals surface area contributed by atoms with E-state index in [0.717, 1.165) is 6.42 Å². The summed E-state index contributed by atoms with van der Waals surface area (Å²) in [7, 11) is -0.702. The van der Waals surface area contributed by atoms with Crippen LogP contribution >= 0.6 is 0 Å². The van der Waals surface area contributed by atoms with E-state index >= 15 is 0 Å². The van der Waals surface area contributed by atoms with Crippen molar-refractivity contribution in [2.24, 2.45) is 35.5 Å². The summed E-state index contributed by atoms with van der Waals surface area (Å²) in [4.78, 5) is 58.0. The maximum atomic E-state index is 14.4. The summed E-state index contributed by atoms with van der Waals surface area (Å²) in [6.45, 7) is 14.7. The maximum Gasteiger partial charge on any atom is 0.329 e. The number of carbonyl (C=O) groups excluding carboxylic acids is 4. The first-order chi connectivity index (χ1) is 32.0. The van der Waals surface area contributed by atoms with Crippen molar-refractivity contribution in [1.29, 1.82) is 0 Å². The van der Waals surface area contributed by atoms with Crippen molar-refractivity contribution in [3.05, 3.63) is 47.6 Å². The Morgan fingerprint density at radius 2 is 1.59 bits per heavy atom. The number of Topliss-reactive ketones (excluding diaryl/α,β-unsaturated/α-hetero) is 2. The molecule has 15 nitrogen and oxygen atoms in total. The van der Waals surface area contributed by atoms with Crippen molar-refractivity contribution in [1.82, 2.24) is 9.62 Å². The lowest BCUT2D eigenvalue weighted by Gasteiger charge is -2.43. The van der Waals surface area contributed by atoms with Crippen molar-refractivity contribution < 1.29 is 61.9 Å². The Kier molecular flexibility index (Phi) is 22.3. The van der Waals surface area contributed by atoms with Gasteiger partial charge in [-0.1, -0.05) is 76.6 Å². The third-order valence-corrected chi connectivity index (χ3v) is 16.4. The molecule has 0 aromatic rings. The van der Waals surface area contributed by atoms with Gasteiger partial charge in [0.15, 0.2) is 5.78 Å². The van der Waals surface area contributed by atoms with E-state index in [1.54, 1.807) is 46.1 Å². The maximum absolute atomic E-state index is 14.4. The molecule has 0 aromatic heterocycles. The first-order valence-electron chi connectivity index (χ1n) is 25.2. The third-order valence-electron chi connectivity index (χ3n) is 15.0. The van der Waals surface area contributed by atoms with Gasteiger partial charge in [-0.15, -0.1) is 0 Å². The molecule has 15 atom stereocenters. The van der Waals surface area contributed by atoms with E-state index in [1.807, 2.05) is 45.9 Å². The van der Waals surface area contributed by atoms with Crippen LogP contribution in [0.4, 0.5) is 0 Å². The highest BCUT2D eigenvalue weighted by atomic mass is 32.2. The summed E-state index contributed by atoms with van der Waals surface area (Å²) in [6.07, 6.45) is 13.0. The zero-order chi connectivity index (χ0) is 50.5. The van der Waals surface area contributed by atoms with Crippen molar-refractivity contribution in [2.75, 3.05) is 26.5 Å². The molecule has 0 radical (unpaired) electrons. The zero-order valence-electron chi connectivity index (χ0n) is 42.4. The minimum atomic E-state index is -3.71. The van der Waals surface area contributed by atoms with Gasteiger partial charge in [0.2, 0.25) is 15.8 Å². The molecule has 2 saturated heterocycles. The quantitative estimate of drug-likeness (QED) is 0.120. The molecule has 3 heterocycles. The van der Waals surface area contributed by atoms with E-state index in [2.05, 4.69) is 4.72 Å². The molecule has 3 fully saturated rings. The van der Waals surface area contributed by atoms with Gasteiger partial charge in [-0.25, -0.2) is 17.9 Å². The highest BCUT2D eigenvalue weighted by molar-refractivity contribution is 7.89. The molecule has 4 aliphatic rings. The number of nitrogens with zero attached hydrogens (tertiary/aromatic N) is 1. The Labute approximate surface area is 406 Å². The predicted molar refractivity (Wildman–Crippen MR) is 260 cm³/mol. The fraction of sp³-hybridized carbons (Fsp3) is 0.769. The number of carbonyl (C=O) groups is 4. The van der Waals surface area contributed by atoms with Crippen LogP contribution in [0.3, 0.4) is 0 Å². The van der Waals surface area contributed by atoms with E-state index in [0.29, 0.717) is 75.4 Å². The van der Waals surface area contributed by atoms with Gasteiger partial charge < -0.3 is 39.2 Å². The molecule has 386 valence electrons. The average molecular weight is 977 g/mol. The molecule has 16 heteroatoms. The van der Waals surface area contributed by atoms with Crippen LogP contribution < -0.4 is 4.72 Å². The number of amides is 1. The number of ketones is 2. The van der Waals surface area contributed by atoms with E-state index in [-0.39, 0.29) is 60.7 Å². The summed E-state index contributed by atoms with van der Waals surface area (Å²) in [5.74, 6) is -7.01. The lowest BCUT2D eigenvalue weighted by molar-refractivity contribution is -0.264. The lowest BCUT2D eigenvalue weighted by atomic mass is 9.78. The monoisotopic (exact) mass is 977 g/mol. The summed E-state index contributed by atoms with van der Waals surface area (Å²) in [6, 6.07) is -1.85.